The van der Waals surface area contributed by atoms with Crippen molar-refractivity contribution in [3.8, 4) is 6.07 Å². The first-order valence-electron chi connectivity index (χ1n) is 5.87. The molecule has 1 N–H and O–H groups in total. The van der Waals surface area contributed by atoms with Crippen LogP contribution in [0.4, 0.5) is 15.8 Å². The molecule has 0 aliphatic carbocycles. The molecule has 0 amide bonds. The molecule has 0 saturated carbocycles. The molecule has 2 aromatic rings. The van der Waals surface area contributed by atoms with Gasteiger partial charge in [-0.2, -0.15) is 5.26 Å². The molecule has 0 saturated heterocycles. The molecular weight excluding hydrogens is 341 g/mol. The van der Waals surface area contributed by atoms with E-state index < -0.39 is 4.92 Å². The van der Waals surface area contributed by atoms with Gasteiger partial charge in [-0.3, -0.25) is 10.1 Å². The fraction of sp³-hybridized carbons (Fsp3) is 0.0714. The van der Waals surface area contributed by atoms with E-state index in [1.165, 1.54) is 24.3 Å². The Hall–Kier alpha value is -2.46. The van der Waals surface area contributed by atoms with Gasteiger partial charge in [-0.05, 0) is 18.2 Å². The van der Waals surface area contributed by atoms with Crippen LogP contribution in [0.2, 0.25) is 0 Å². The molecule has 2 rings (SSSR count). The number of nitriles is 1. The molecule has 5 nitrogen and oxygen atoms in total. The highest BCUT2D eigenvalue weighted by molar-refractivity contribution is 9.10. The number of non-ortho nitro benzene ring substituents is 1. The molecule has 0 fully saturated rings. The van der Waals surface area contributed by atoms with Gasteiger partial charge in [-0.1, -0.05) is 22.0 Å². The van der Waals surface area contributed by atoms with Crippen LogP contribution >= 0.6 is 15.9 Å². The first kappa shape index (κ1) is 14.9. The van der Waals surface area contributed by atoms with Crippen LogP contribution in [0.1, 0.15) is 11.1 Å². The van der Waals surface area contributed by atoms with Gasteiger partial charge in [0.15, 0.2) is 0 Å². The molecule has 7 heteroatoms. The Balaban J connectivity index is 2.20. The second-order valence-electron chi connectivity index (χ2n) is 4.19. The van der Waals surface area contributed by atoms with Gasteiger partial charge in [0, 0.05) is 28.7 Å². The summed E-state index contributed by atoms with van der Waals surface area (Å²) in [5.74, 6) is -0.378. The summed E-state index contributed by atoms with van der Waals surface area (Å²) in [6.07, 6.45) is 0. The molecule has 0 heterocycles. The number of benzene rings is 2. The SMILES string of the molecule is N#Cc1cc([N+](=O)[O-])ccc1NCc1ccc(Br)cc1F. The standard InChI is InChI=1S/C14H9BrFN3O2/c15-11-2-1-9(13(16)6-11)8-18-14-4-3-12(19(20)21)5-10(14)7-17/h1-6,18H,8H2. The summed E-state index contributed by atoms with van der Waals surface area (Å²) in [4.78, 5) is 10.1. The first-order valence-corrected chi connectivity index (χ1v) is 6.67. The highest BCUT2D eigenvalue weighted by Gasteiger charge is 2.11. The summed E-state index contributed by atoms with van der Waals surface area (Å²) in [6, 6.07) is 10.5. The Morgan fingerprint density at radius 3 is 2.71 bits per heavy atom. The maximum atomic E-state index is 13.7. The Labute approximate surface area is 128 Å². The minimum absolute atomic E-state index is 0.140. The molecule has 0 aliphatic rings. The zero-order valence-corrected chi connectivity index (χ0v) is 12.2. The quantitative estimate of drug-likeness (QED) is 0.668. The van der Waals surface area contributed by atoms with Gasteiger partial charge in [0.25, 0.3) is 5.69 Å². The predicted octanol–water partition coefficient (Wildman–Crippen LogP) is 3.98. The van der Waals surface area contributed by atoms with Crippen molar-refractivity contribution in [3.63, 3.8) is 0 Å². The summed E-state index contributed by atoms with van der Waals surface area (Å²) < 4.78 is 14.3. The highest BCUT2D eigenvalue weighted by atomic mass is 79.9. The summed E-state index contributed by atoms with van der Waals surface area (Å²) in [6.45, 7) is 0.172. The number of nitrogens with zero attached hydrogens (tertiary/aromatic N) is 2. The topological polar surface area (TPSA) is 79.0 Å². The van der Waals surface area contributed by atoms with Gasteiger partial charge >= 0.3 is 0 Å². The van der Waals surface area contributed by atoms with E-state index in [0.29, 0.717) is 15.7 Å². The molecule has 0 aliphatic heterocycles. The normalized spacial score (nSPS) is 9.95. The van der Waals surface area contributed by atoms with Crippen LogP contribution < -0.4 is 5.32 Å². The van der Waals surface area contributed by atoms with Crippen LogP contribution in [0.3, 0.4) is 0 Å². The third-order valence-corrected chi connectivity index (χ3v) is 3.31. The van der Waals surface area contributed by atoms with Crippen LogP contribution in [0.15, 0.2) is 40.9 Å². The number of nitro benzene ring substituents is 1. The van der Waals surface area contributed by atoms with E-state index in [1.807, 2.05) is 6.07 Å². The second-order valence-corrected chi connectivity index (χ2v) is 5.10. The number of rotatable bonds is 4. The fourth-order valence-electron chi connectivity index (χ4n) is 1.75. The van der Waals surface area contributed by atoms with Crippen LogP contribution in [-0.4, -0.2) is 4.92 Å². The average molecular weight is 350 g/mol. The number of halogens is 2. The number of hydrogen-bond acceptors (Lipinski definition) is 4. The smallest absolute Gasteiger partial charge is 0.270 e. The lowest BCUT2D eigenvalue weighted by atomic mass is 10.1. The van der Waals surface area contributed by atoms with E-state index in [0.717, 1.165) is 0 Å². The maximum Gasteiger partial charge on any atom is 0.270 e. The molecular formula is C14H9BrFN3O2. The van der Waals surface area contributed by atoms with Crippen molar-refractivity contribution < 1.29 is 9.31 Å². The maximum absolute atomic E-state index is 13.7. The number of anilines is 1. The highest BCUT2D eigenvalue weighted by Crippen LogP contribution is 2.23. The molecule has 0 radical (unpaired) electrons. The Morgan fingerprint density at radius 2 is 2.10 bits per heavy atom. The van der Waals surface area contributed by atoms with Crippen LogP contribution in [0.5, 0.6) is 0 Å². The van der Waals surface area contributed by atoms with Crippen molar-refractivity contribution in [2.24, 2.45) is 0 Å². The van der Waals surface area contributed by atoms with E-state index in [-0.39, 0.29) is 23.6 Å². The van der Waals surface area contributed by atoms with Gasteiger partial charge in [-0.15, -0.1) is 0 Å². The lowest BCUT2D eigenvalue weighted by molar-refractivity contribution is -0.384. The largest absolute Gasteiger partial charge is 0.380 e. The van der Waals surface area contributed by atoms with Crippen molar-refractivity contribution in [2.75, 3.05) is 5.32 Å². The molecule has 0 bridgehead atoms. The van der Waals surface area contributed by atoms with Crippen molar-refractivity contribution in [1.29, 1.82) is 5.26 Å². The Kier molecular flexibility index (Phi) is 4.50. The van der Waals surface area contributed by atoms with Gasteiger partial charge in [0.05, 0.1) is 16.2 Å². The lowest BCUT2D eigenvalue weighted by Crippen LogP contribution is -2.03. The molecule has 21 heavy (non-hydrogen) atoms. The average Bonchev–Trinajstić information content (AvgIpc) is 2.46. The molecule has 0 atom stereocenters. The Morgan fingerprint density at radius 1 is 1.33 bits per heavy atom. The van der Waals surface area contributed by atoms with Gasteiger partial charge in [0.2, 0.25) is 0 Å². The fourth-order valence-corrected chi connectivity index (χ4v) is 2.08. The molecule has 0 spiro atoms. The predicted molar refractivity (Wildman–Crippen MR) is 79.2 cm³/mol. The number of nitro groups is 1. The second kappa shape index (κ2) is 6.33. The monoisotopic (exact) mass is 349 g/mol. The zero-order chi connectivity index (χ0) is 15.4. The third-order valence-electron chi connectivity index (χ3n) is 2.82. The van der Waals surface area contributed by atoms with Crippen LogP contribution in [0, 0.1) is 27.3 Å². The van der Waals surface area contributed by atoms with Crippen LogP contribution in [0.25, 0.3) is 0 Å². The number of nitrogens with one attached hydrogen (secondary N) is 1. The van der Waals surface area contributed by atoms with Crippen molar-refractivity contribution in [2.45, 2.75) is 6.54 Å². The van der Waals surface area contributed by atoms with Crippen molar-refractivity contribution >= 4 is 27.3 Å². The van der Waals surface area contributed by atoms with Gasteiger partial charge in [-0.25, -0.2) is 4.39 Å². The summed E-state index contributed by atoms with van der Waals surface area (Å²) in [5, 5.41) is 22.6. The van der Waals surface area contributed by atoms with Crippen molar-refractivity contribution in [1.82, 2.24) is 0 Å². The van der Waals surface area contributed by atoms with E-state index in [4.69, 9.17) is 5.26 Å². The van der Waals surface area contributed by atoms with Crippen LogP contribution in [-0.2, 0) is 6.54 Å². The molecule has 0 aromatic heterocycles. The Bertz CT molecular complexity index is 743. The summed E-state index contributed by atoms with van der Waals surface area (Å²) in [7, 11) is 0. The third kappa shape index (κ3) is 3.55. The van der Waals surface area contributed by atoms with Crippen molar-refractivity contribution in [3.05, 3.63) is 67.9 Å². The van der Waals surface area contributed by atoms with E-state index >= 15 is 0 Å². The van der Waals surface area contributed by atoms with E-state index in [9.17, 15) is 14.5 Å². The number of hydrogen-bond donors (Lipinski definition) is 1. The lowest BCUT2D eigenvalue weighted by Gasteiger charge is -2.09. The molecule has 2 aromatic carbocycles. The van der Waals surface area contributed by atoms with E-state index in [1.54, 1.807) is 12.1 Å². The van der Waals surface area contributed by atoms with Gasteiger partial charge < -0.3 is 5.32 Å². The first-order chi connectivity index (χ1) is 10.0. The zero-order valence-electron chi connectivity index (χ0n) is 10.6. The summed E-state index contributed by atoms with van der Waals surface area (Å²) in [5.41, 5.74) is 0.833. The summed E-state index contributed by atoms with van der Waals surface area (Å²) >= 11 is 3.17. The minimum Gasteiger partial charge on any atom is -0.380 e. The molecule has 0 unspecified atom stereocenters. The molecule has 106 valence electrons. The van der Waals surface area contributed by atoms with E-state index in [2.05, 4.69) is 21.2 Å². The van der Waals surface area contributed by atoms with Gasteiger partial charge in [0.1, 0.15) is 11.9 Å². The minimum atomic E-state index is -0.570.